The van der Waals surface area contributed by atoms with Crippen LogP contribution in [0.15, 0.2) is 77.7 Å². The predicted octanol–water partition coefficient (Wildman–Crippen LogP) is 8.01. The van der Waals surface area contributed by atoms with E-state index in [0.29, 0.717) is 31.2 Å². The SMILES string of the molecule is CC1CN(Cc2c(-c3cccc(C(F)(F)F)c3)nc3ccc(S(=O)C(C)C)cc3c2C(=O)N[C@H](c2ccccc2)C(F)(F)F)CCC1N1CCOCC1. The Hall–Kier alpha value is -3.85. The maximum atomic E-state index is 14.7. The Morgan fingerprint density at radius 1 is 0.962 bits per heavy atom. The molecule has 2 saturated heterocycles. The van der Waals surface area contributed by atoms with Crippen molar-refractivity contribution in [1.82, 2.24) is 20.1 Å². The van der Waals surface area contributed by atoms with Gasteiger partial charge < -0.3 is 10.1 Å². The zero-order valence-corrected chi connectivity index (χ0v) is 30.5. The van der Waals surface area contributed by atoms with Crippen molar-refractivity contribution in [3.63, 3.8) is 0 Å². The lowest BCUT2D eigenvalue weighted by Gasteiger charge is -2.44. The fraction of sp³-hybridized carbons (Fsp3) is 0.436. The number of likely N-dealkylation sites (tertiary alicyclic amines) is 1. The van der Waals surface area contributed by atoms with Crippen molar-refractivity contribution in [2.45, 2.75) is 68.3 Å². The summed E-state index contributed by atoms with van der Waals surface area (Å²) >= 11 is 0. The van der Waals surface area contributed by atoms with Crippen LogP contribution in [0, 0.1) is 5.92 Å². The number of morpholine rings is 1. The number of ether oxygens (including phenoxy) is 1. The fourth-order valence-electron chi connectivity index (χ4n) is 7.42. The lowest BCUT2D eigenvalue weighted by atomic mass is 9.90. The van der Waals surface area contributed by atoms with Crippen molar-refractivity contribution in [2.24, 2.45) is 5.92 Å². The van der Waals surface area contributed by atoms with E-state index in [4.69, 9.17) is 9.72 Å². The molecule has 3 unspecified atom stereocenters. The van der Waals surface area contributed by atoms with E-state index in [1.165, 1.54) is 48.5 Å². The molecule has 1 aromatic heterocycles. The molecule has 4 atom stereocenters. The van der Waals surface area contributed by atoms with E-state index in [-0.39, 0.29) is 62.6 Å². The number of amides is 1. The summed E-state index contributed by atoms with van der Waals surface area (Å²) in [5.74, 6) is -0.909. The first kappa shape index (κ1) is 38.9. The predicted molar refractivity (Wildman–Crippen MR) is 192 cm³/mol. The lowest BCUT2D eigenvalue weighted by Crippen LogP contribution is -2.53. The molecule has 0 aliphatic carbocycles. The third-order valence-corrected chi connectivity index (χ3v) is 11.6. The summed E-state index contributed by atoms with van der Waals surface area (Å²) in [6, 6.07) is 14.0. The van der Waals surface area contributed by atoms with Crippen molar-refractivity contribution < 1.29 is 40.1 Å². The molecule has 2 aliphatic rings. The van der Waals surface area contributed by atoms with Crippen molar-refractivity contribution in [2.75, 3.05) is 39.4 Å². The average molecular weight is 761 g/mol. The highest BCUT2D eigenvalue weighted by atomic mass is 32.2. The van der Waals surface area contributed by atoms with Gasteiger partial charge in [-0.05, 0) is 54.8 Å². The number of fused-ring (bicyclic) bond motifs is 1. The van der Waals surface area contributed by atoms with Crippen molar-refractivity contribution in [3.05, 3.63) is 95.1 Å². The van der Waals surface area contributed by atoms with E-state index in [0.717, 1.165) is 31.6 Å². The van der Waals surface area contributed by atoms with Crippen molar-refractivity contribution in [3.8, 4) is 11.3 Å². The molecule has 3 aromatic carbocycles. The summed E-state index contributed by atoms with van der Waals surface area (Å²) in [6.07, 6.45) is -8.80. The highest BCUT2D eigenvalue weighted by Crippen LogP contribution is 2.39. The number of piperidine rings is 1. The average Bonchev–Trinajstić information content (AvgIpc) is 3.13. The lowest BCUT2D eigenvalue weighted by molar-refractivity contribution is -0.155. The monoisotopic (exact) mass is 760 g/mol. The number of hydrogen-bond donors (Lipinski definition) is 1. The quantitative estimate of drug-likeness (QED) is 0.174. The van der Waals surface area contributed by atoms with E-state index < -0.39 is 40.7 Å². The minimum Gasteiger partial charge on any atom is -0.379 e. The first-order valence-corrected chi connectivity index (χ1v) is 18.8. The molecule has 2 fully saturated rings. The highest BCUT2D eigenvalue weighted by Gasteiger charge is 2.43. The van der Waals surface area contributed by atoms with Crippen molar-refractivity contribution in [1.29, 1.82) is 0 Å². The van der Waals surface area contributed by atoms with Crippen LogP contribution in [0.2, 0.25) is 0 Å². The van der Waals surface area contributed by atoms with Gasteiger partial charge in [0.15, 0.2) is 6.04 Å². The molecular weight excluding hydrogens is 719 g/mol. The minimum absolute atomic E-state index is 0.0248. The second kappa shape index (κ2) is 15.9. The molecule has 1 amide bonds. The van der Waals surface area contributed by atoms with Gasteiger partial charge in [-0.3, -0.25) is 18.8 Å². The Balaban J connectivity index is 1.53. The number of halogens is 6. The molecule has 2 aliphatic heterocycles. The minimum atomic E-state index is -4.88. The maximum absolute atomic E-state index is 14.7. The van der Waals surface area contributed by atoms with E-state index in [1.54, 1.807) is 26.0 Å². The summed E-state index contributed by atoms with van der Waals surface area (Å²) in [6.45, 7) is 9.67. The van der Waals surface area contributed by atoms with Crippen LogP contribution < -0.4 is 5.32 Å². The number of alkyl halides is 6. The normalized spacial score (nSPS) is 20.4. The Kier molecular flexibility index (Phi) is 11.6. The van der Waals surface area contributed by atoms with Crippen LogP contribution in [0.4, 0.5) is 26.3 Å². The molecule has 4 aromatic rings. The maximum Gasteiger partial charge on any atom is 0.416 e. The number of carbonyl (C=O) groups excluding carboxylic acids is 1. The number of nitrogens with zero attached hydrogens (tertiary/aromatic N) is 3. The van der Waals surface area contributed by atoms with E-state index in [2.05, 4.69) is 22.0 Å². The van der Waals surface area contributed by atoms with Gasteiger partial charge in [0.1, 0.15) is 0 Å². The van der Waals surface area contributed by atoms with Gasteiger partial charge in [-0.25, -0.2) is 4.98 Å². The van der Waals surface area contributed by atoms with Crippen molar-refractivity contribution >= 4 is 27.6 Å². The van der Waals surface area contributed by atoms with Crippen LogP contribution in [0.25, 0.3) is 22.2 Å². The summed E-state index contributed by atoms with van der Waals surface area (Å²) in [5, 5.41) is 2.06. The molecule has 6 rings (SSSR count). The molecule has 0 bridgehead atoms. The van der Waals surface area contributed by atoms with Crippen LogP contribution in [0.5, 0.6) is 0 Å². The number of benzene rings is 3. The van der Waals surface area contributed by atoms with E-state index in [1.807, 2.05) is 0 Å². The third kappa shape index (κ3) is 8.77. The number of hydrogen-bond acceptors (Lipinski definition) is 6. The summed E-state index contributed by atoms with van der Waals surface area (Å²) in [5.41, 5.74) is -0.806. The van der Waals surface area contributed by atoms with E-state index >= 15 is 0 Å². The van der Waals surface area contributed by atoms with Gasteiger partial charge in [0, 0.05) is 58.9 Å². The Bertz CT molecular complexity index is 1950. The zero-order chi connectivity index (χ0) is 38.1. The molecule has 1 N–H and O–H groups in total. The molecule has 0 spiro atoms. The molecule has 7 nitrogen and oxygen atoms in total. The topological polar surface area (TPSA) is 74.8 Å². The zero-order valence-electron chi connectivity index (χ0n) is 29.6. The second-order valence-electron chi connectivity index (χ2n) is 14.0. The summed E-state index contributed by atoms with van der Waals surface area (Å²) in [4.78, 5) is 24.2. The summed E-state index contributed by atoms with van der Waals surface area (Å²) in [7, 11) is -1.53. The first-order chi connectivity index (χ1) is 25.1. The van der Waals surface area contributed by atoms with Gasteiger partial charge in [-0.15, -0.1) is 0 Å². The molecule has 0 radical (unpaired) electrons. The Morgan fingerprint density at radius 3 is 2.32 bits per heavy atom. The van der Waals surface area contributed by atoms with Gasteiger partial charge >= 0.3 is 12.4 Å². The van der Waals surface area contributed by atoms with Crippen LogP contribution in [0.3, 0.4) is 0 Å². The van der Waals surface area contributed by atoms with Crippen LogP contribution in [-0.2, 0) is 28.3 Å². The fourth-order valence-corrected chi connectivity index (χ4v) is 8.40. The number of nitrogens with one attached hydrogen (secondary N) is 1. The molecular formula is C39H42F6N4O3S. The van der Waals surface area contributed by atoms with Gasteiger partial charge in [-0.2, -0.15) is 26.3 Å². The van der Waals surface area contributed by atoms with Gasteiger partial charge in [0.05, 0.1) is 46.4 Å². The van der Waals surface area contributed by atoms with Crippen LogP contribution >= 0.6 is 0 Å². The first-order valence-electron chi connectivity index (χ1n) is 17.6. The number of pyridine rings is 1. The third-order valence-electron chi connectivity index (χ3n) is 9.98. The largest absolute Gasteiger partial charge is 0.416 e. The Labute approximate surface area is 307 Å². The highest BCUT2D eigenvalue weighted by molar-refractivity contribution is 7.85. The second-order valence-corrected chi connectivity index (χ2v) is 16.0. The Morgan fingerprint density at radius 2 is 1.68 bits per heavy atom. The van der Waals surface area contributed by atoms with E-state index in [9.17, 15) is 35.3 Å². The molecule has 14 heteroatoms. The molecule has 0 saturated carbocycles. The smallest absolute Gasteiger partial charge is 0.379 e. The van der Waals surface area contributed by atoms with Gasteiger partial charge in [-0.1, -0.05) is 63.2 Å². The number of aromatic nitrogens is 1. The molecule has 3 heterocycles. The number of carbonyl (C=O) groups is 1. The molecule has 284 valence electrons. The van der Waals surface area contributed by atoms with Crippen LogP contribution in [0.1, 0.15) is 60.3 Å². The van der Waals surface area contributed by atoms with Gasteiger partial charge in [0.2, 0.25) is 0 Å². The van der Waals surface area contributed by atoms with Crippen LogP contribution in [-0.4, -0.2) is 81.8 Å². The molecule has 53 heavy (non-hydrogen) atoms. The van der Waals surface area contributed by atoms with Gasteiger partial charge in [0.25, 0.3) is 5.91 Å². The standard InChI is InChI=1S/C39H42F6N4O3S/c1-24(2)53(51)29-12-13-32-30(21-29)34(37(50)47-36(39(43,44)45)26-8-5-4-6-9-26)31(35(46-32)27-10-7-11-28(20-27)38(40,41)42)23-48-15-14-33(25(3)22-48)49-16-18-52-19-17-49/h4-13,20-21,24-25,33,36H,14-19,22-23H2,1-3H3,(H,47,50)/t25?,33?,36-,53?/m1/s1. The number of rotatable bonds is 9. The summed E-state index contributed by atoms with van der Waals surface area (Å²) < 4.78 is 105.